The van der Waals surface area contributed by atoms with E-state index in [0.717, 1.165) is 83.3 Å². The largest absolute Gasteiger partial charge is 0.458 e. The molecule has 0 unspecified atom stereocenters. The van der Waals surface area contributed by atoms with Crippen LogP contribution >= 0.6 is 0 Å². The van der Waals surface area contributed by atoms with Crippen LogP contribution < -0.4 is 9.30 Å². The predicted octanol–water partition coefficient (Wildman–Crippen LogP) is 15.6. The van der Waals surface area contributed by atoms with Gasteiger partial charge in [0.05, 0.1) is 40.3 Å². The molecule has 0 N–H and O–H groups in total. The van der Waals surface area contributed by atoms with Crippen LogP contribution in [-0.2, 0) is 10.8 Å². The van der Waals surface area contributed by atoms with E-state index in [9.17, 15) is 2.74 Å². The van der Waals surface area contributed by atoms with Crippen molar-refractivity contribution in [2.45, 2.75) is 52.4 Å². The number of nitrogens with zero attached hydrogens (tertiary/aromatic N) is 4. The molecule has 12 rings (SSSR count). The number of aromatic nitrogens is 4. The second kappa shape index (κ2) is 15.3. The minimum Gasteiger partial charge on any atom is -0.458 e. The van der Waals surface area contributed by atoms with Gasteiger partial charge in [0.2, 0.25) is 0 Å². The van der Waals surface area contributed by atoms with Crippen molar-refractivity contribution in [2.24, 2.45) is 0 Å². The number of benzene rings is 8. The quantitative estimate of drug-likeness (QED) is 0.128. The summed E-state index contributed by atoms with van der Waals surface area (Å²) < 4.78 is 58.2. The van der Waals surface area contributed by atoms with Crippen molar-refractivity contribution in [2.75, 3.05) is 0 Å². The van der Waals surface area contributed by atoms with Crippen LogP contribution in [0.2, 0.25) is 0 Å². The summed E-state index contributed by atoms with van der Waals surface area (Å²) in [6.07, 6.45) is 5.68. The lowest BCUT2D eigenvalue weighted by Gasteiger charge is -2.26. The van der Waals surface area contributed by atoms with Crippen molar-refractivity contribution in [3.8, 4) is 73.2 Å². The predicted molar refractivity (Wildman–Crippen MR) is 275 cm³/mol. The maximum atomic E-state index is 9.40. The van der Waals surface area contributed by atoms with Gasteiger partial charge in [-0.2, -0.15) is 0 Å². The Kier molecular flexibility index (Phi) is 8.05. The fourth-order valence-electron chi connectivity index (χ4n) is 9.81. The van der Waals surface area contributed by atoms with E-state index in [-0.39, 0.29) is 28.5 Å². The summed E-state index contributed by atoms with van der Waals surface area (Å²) in [5.74, 6) is 2.13. The molecule has 324 valence electrons. The summed E-state index contributed by atoms with van der Waals surface area (Å²) in [5, 5.41) is 2.22. The van der Waals surface area contributed by atoms with Crippen LogP contribution in [0.3, 0.4) is 0 Å². The second-order valence-electron chi connectivity index (χ2n) is 19.5. The summed E-state index contributed by atoms with van der Waals surface area (Å²) >= 11 is 0. The van der Waals surface area contributed by atoms with Crippen LogP contribution in [0.5, 0.6) is 11.5 Å². The van der Waals surface area contributed by atoms with Crippen LogP contribution in [0.15, 0.2) is 194 Å². The fourth-order valence-corrected chi connectivity index (χ4v) is 9.81. The van der Waals surface area contributed by atoms with Crippen molar-refractivity contribution in [3.63, 3.8) is 0 Å². The fraction of sp³-hybridized carbons (Fsp3) is 0.129. The minimum atomic E-state index is -0.438. The summed E-state index contributed by atoms with van der Waals surface area (Å²) in [7, 11) is 0. The minimum absolute atomic E-state index is 0.0593. The third-order valence-corrected chi connectivity index (χ3v) is 13.2. The Balaban J connectivity index is 1.09. The number of fused-ring (bicyclic) bond motifs is 10. The van der Waals surface area contributed by atoms with Gasteiger partial charge >= 0.3 is 0 Å². The first kappa shape index (κ1) is 35.3. The Morgan fingerprint density at radius 2 is 1.13 bits per heavy atom. The zero-order chi connectivity index (χ0) is 50.0. The number of hydrogen-bond donors (Lipinski definition) is 0. The molecule has 0 bridgehead atoms. The van der Waals surface area contributed by atoms with Crippen LogP contribution in [0.1, 0.15) is 59.5 Å². The van der Waals surface area contributed by atoms with Crippen molar-refractivity contribution < 1.29 is 16.2 Å². The Labute approximate surface area is 398 Å². The van der Waals surface area contributed by atoms with Gasteiger partial charge in [-0.3, -0.25) is 13.7 Å². The monoisotopic (exact) mass is 871 g/mol. The lowest BCUT2D eigenvalue weighted by Crippen LogP contribution is -2.32. The number of rotatable bonds is 5. The van der Waals surface area contributed by atoms with Gasteiger partial charge in [0, 0.05) is 23.0 Å². The van der Waals surface area contributed by atoms with E-state index >= 15 is 0 Å². The number of ether oxygens (including phenoxy) is 1. The van der Waals surface area contributed by atoms with E-state index in [1.54, 1.807) is 0 Å². The number of imidazole rings is 1. The Bertz CT molecular complexity index is 4030. The standard InChI is InChI=1S/C62H50N4O/c1-61(2,3)41-32-33-63-58(36-41)66-55-28-15-14-26-50(55)51-31-30-45(38-57(51)66)67-44-21-16-20-43(37-44)64-39-65-59-53(40-18-8-7-9-19-40)34-42(62(4,5)6)35-54(59)49-25-13-11-23-47(49)46-22-10-12-24-48(46)52-27-17-29-56(64)60(52)65/h7-38H,1-6H3/i7D,8D,9D,18D,19D. The summed E-state index contributed by atoms with van der Waals surface area (Å²) in [6, 6.07) is 52.3. The molecule has 0 spiro atoms. The van der Waals surface area contributed by atoms with Gasteiger partial charge in [-0.15, -0.1) is 0 Å². The molecule has 3 aromatic heterocycles. The van der Waals surface area contributed by atoms with Crippen LogP contribution in [0.4, 0.5) is 0 Å². The molecule has 0 fully saturated rings. The summed E-state index contributed by atoms with van der Waals surface area (Å²) in [4.78, 5) is 4.88. The molecule has 5 heteroatoms. The third kappa shape index (κ3) is 6.76. The summed E-state index contributed by atoms with van der Waals surface area (Å²) in [5.41, 5.74) is 13.3. The molecule has 67 heavy (non-hydrogen) atoms. The van der Waals surface area contributed by atoms with Crippen molar-refractivity contribution in [3.05, 3.63) is 212 Å². The Morgan fingerprint density at radius 1 is 0.522 bits per heavy atom. The number of pyridine rings is 1. The van der Waals surface area contributed by atoms with E-state index in [1.165, 1.54) is 5.56 Å². The molecule has 0 aliphatic carbocycles. The van der Waals surface area contributed by atoms with Gasteiger partial charge in [-0.05, 0) is 115 Å². The van der Waals surface area contributed by atoms with Gasteiger partial charge in [-0.1, -0.05) is 175 Å². The van der Waals surface area contributed by atoms with E-state index in [0.29, 0.717) is 22.7 Å². The van der Waals surface area contributed by atoms with Gasteiger partial charge in [-0.25, -0.2) is 4.98 Å². The first-order valence-corrected chi connectivity index (χ1v) is 22.8. The smallest absolute Gasteiger partial charge is 0.269 e. The molecule has 0 saturated heterocycles. The molecule has 1 aliphatic rings. The van der Waals surface area contributed by atoms with Gasteiger partial charge in [0.1, 0.15) is 17.3 Å². The van der Waals surface area contributed by atoms with E-state index in [2.05, 4.69) is 162 Å². The lowest BCUT2D eigenvalue weighted by atomic mass is 9.81. The highest BCUT2D eigenvalue weighted by Crippen LogP contribution is 2.47. The van der Waals surface area contributed by atoms with Crippen LogP contribution in [0.25, 0.3) is 94.5 Å². The molecule has 11 aromatic rings. The maximum Gasteiger partial charge on any atom is 0.269 e. The molecule has 0 atom stereocenters. The Hall–Kier alpha value is -8.02. The molecule has 8 aromatic carbocycles. The first-order chi connectivity index (χ1) is 34.6. The highest BCUT2D eigenvalue weighted by atomic mass is 16.5. The molecular formula is C62H50N4O. The van der Waals surface area contributed by atoms with Crippen molar-refractivity contribution in [1.82, 2.24) is 14.1 Å². The van der Waals surface area contributed by atoms with Gasteiger partial charge in [0.15, 0.2) is 0 Å². The zero-order valence-electron chi connectivity index (χ0n) is 43.3. The first-order valence-electron chi connectivity index (χ1n) is 25.3. The normalized spacial score (nSPS) is 13.4. The maximum absolute atomic E-state index is 9.40. The van der Waals surface area contributed by atoms with Crippen molar-refractivity contribution in [1.29, 1.82) is 0 Å². The van der Waals surface area contributed by atoms with Gasteiger partial charge < -0.3 is 4.74 Å². The molecule has 0 amide bonds. The SMILES string of the molecule is [2H]c1c([2H])c([2H])c(-c2cc(C(C)(C)C)cc3c2-[n+]2[c-]n(-c4cccc(Oc5ccc6c7ccccc7n(-c7cc(C(C)(C)C)ccn7)c6c5)c4)c4cccc(c42)-c2ccccc2-c2ccccc2-3)c([2H])c1[2H]. The zero-order valence-corrected chi connectivity index (χ0v) is 38.3. The van der Waals surface area contributed by atoms with E-state index < -0.39 is 18.1 Å². The second-order valence-corrected chi connectivity index (χ2v) is 19.5. The van der Waals surface area contributed by atoms with E-state index in [4.69, 9.17) is 13.8 Å². The topological polar surface area (TPSA) is 35.9 Å². The molecule has 5 nitrogen and oxygen atoms in total. The van der Waals surface area contributed by atoms with Crippen LogP contribution in [0, 0.1) is 6.33 Å². The summed E-state index contributed by atoms with van der Waals surface area (Å²) in [6.45, 7) is 13.0. The Morgan fingerprint density at radius 3 is 1.88 bits per heavy atom. The number of hydrogen-bond acceptors (Lipinski definition) is 2. The molecule has 0 saturated carbocycles. The highest BCUT2D eigenvalue weighted by Gasteiger charge is 2.29. The third-order valence-electron chi connectivity index (χ3n) is 13.2. The average Bonchev–Trinajstić information content (AvgIpc) is 3.93. The molecular weight excluding hydrogens is 817 g/mol. The average molecular weight is 872 g/mol. The van der Waals surface area contributed by atoms with Gasteiger partial charge in [0.25, 0.3) is 6.33 Å². The van der Waals surface area contributed by atoms with E-state index in [1.807, 2.05) is 63.9 Å². The highest BCUT2D eigenvalue weighted by molar-refractivity contribution is 6.09. The molecule has 4 heterocycles. The lowest BCUT2D eigenvalue weighted by molar-refractivity contribution is -0.570. The number of para-hydroxylation sites is 2. The molecule has 1 aliphatic heterocycles. The molecule has 0 radical (unpaired) electrons. The van der Waals surface area contributed by atoms with Crippen LogP contribution in [-0.4, -0.2) is 14.1 Å². The van der Waals surface area contributed by atoms with Crippen molar-refractivity contribution >= 4 is 32.8 Å².